The first-order chi connectivity index (χ1) is 12.2. The maximum absolute atomic E-state index is 12.4. The van der Waals surface area contributed by atoms with Crippen LogP contribution in [0.3, 0.4) is 0 Å². The van der Waals surface area contributed by atoms with Gasteiger partial charge in [-0.25, -0.2) is 0 Å². The number of aliphatic hydroxyl groups is 1. The number of H-pyrrole nitrogens is 1. The summed E-state index contributed by atoms with van der Waals surface area (Å²) in [6.45, 7) is 3.23. The van der Waals surface area contributed by atoms with Gasteiger partial charge < -0.3 is 15.0 Å². The van der Waals surface area contributed by atoms with Gasteiger partial charge in [0, 0.05) is 24.2 Å². The summed E-state index contributed by atoms with van der Waals surface area (Å²) in [5.41, 5.74) is 1.21. The second kappa shape index (κ2) is 6.51. The Morgan fingerprint density at radius 1 is 1.42 bits per heavy atom. The molecule has 1 aliphatic heterocycles. The fourth-order valence-electron chi connectivity index (χ4n) is 3.70. The van der Waals surface area contributed by atoms with Gasteiger partial charge in [-0.1, -0.05) is 12.0 Å². The standard InChI is InChI=1S/C17H23B3N4O2/c1-2-10-7-11-13(9-22-10)23-15(25)12(8-21)14(11)24-5-3-16(26,4-6-24)17(18,19)20/h7,9,26H,2-6,18-20H2,1H3,(H,23,25). The topological polar surface area (TPSA) is 93.0 Å². The highest BCUT2D eigenvalue weighted by molar-refractivity contribution is 6.59. The number of piperidine rings is 1. The predicted molar refractivity (Wildman–Crippen MR) is 111 cm³/mol. The van der Waals surface area contributed by atoms with E-state index in [9.17, 15) is 15.2 Å². The average Bonchev–Trinajstić information content (AvgIpc) is 2.60. The second-order valence-corrected chi connectivity index (χ2v) is 8.13. The van der Waals surface area contributed by atoms with Crippen molar-refractivity contribution < 1.29 is 5.11 Å². The van der Waals surface area contributed by atoms with Gasteiger partial charge >= 0.3 is 0 Å². The molecule has 1 fully saturated rings. The van der Waals surface area contributed by atoms with Crippen LogP contribution in [0.25, 0.3) is 10.9 Å². The minimum absolute atomic E-state index is 0.131. The lowest BCUT2D eigenvalue weighted by Crippen LogP contribution is -2.53. The lowest BCUT2D eigenvalue weighted by Gasteiger charge is -2.47. The van der Waals surface area contributed by atoms with Crippen LogP contribution in [-0.4, -0.2) is 57.3 Å². The van der Waals surface area contributed by atoms with E-state index in [1.54, 1.807) is 6.20 Å². The molecule has 9 heteroatoms. The van der Waals surface area contributed by atoms with E-state index < -0.39 is 11.2 Å². The zero-order chi connectivity index (χ0) is 19.1. The fraction of sp³-hybridized carbons (Fsp3) is 0.471. The first-order valence-corrected chi connectivity index (χ1v) is 9.12. The summed E-state index contributed by atoms with van der Waals surface area (Å²) in [6, 6.07) is 4.02. The number of fused-ring (bicyclic) bond motifs is 1. The summed E-state index contributed by atoms with van der Waals surface area (Å²) in [5.74, 6) is 0. The molecule has 3 heterocycles. The zero-order valence-electron chi connectivity index (χ0n) is 15.9. The van der Waals surface area contributed by atoms with Gasteiger partial charge in [0.2, 0.25) is 0 Å². The number of aromatic nitrogens is 2. The minimum Gasteiger partial charge on any atom is -0.391 e. The summed E-state index contributed by atoms with van der Waals surface area (Å²) in [6.07, 6.45) is 3.64. The maximum atomic E-state index is 12.4. The zero-order valence-corrected chi connectivity index (χ0v) is 15.9. The van der Waals surface area contributed by atoms with E-state index in [0.29, 0.717) is 37.1 Å². The van der Waals surface area contributed by atoms with Crippen LogP contribution in [-0.2, 0) is 6.42 Å². The van der Waals surface area contributed by atoms with Crippen molar-refractivity contribution in [1.29, 1.82) is 5.26 Å². The molecule has 0 aromatic carbocycles. The van der Waals surface area contributed by atoms with E-state index in [0.717, 1.165) is 17.5 Å². The van der Waals surface area contributed by atoms with Gasteiger partial charge in [-0.05, 0) is 25.3 Å². The molecule has 26 heavy (non-hydrogen) atoms. The first kappa shape index (κ1) is 18.6. The lowest BCUT2D eigenvalue weighted by molar-refractivity contribution is 0.0170. The van der Waals surface area contributed by atoms with Gasteiger partial charge in [0.1, 0.15) is 11.6 Å². The Bertz CT molecular complexity index is 938. The van der Waals surface area contributed by atoms with Crippen LogP contribution in [0.2, 0.25) is 5.11 Å². The molecular weight excluding hydrogens is 325 g/mol. The molecule has 2 aromatic rings. The van der Waals surface area contributed by atoms with Crippen molar-refractivity contribution in [1.82, 2.24) is 9.97 Å². The van der Waals surface area contributed by atoms with E-state index in [1.165, 1.54) is 0 Å². The third-order valence-electron chi connectivity index (χ3n) is 5.70. The van der Waals surface area contributed by atoms with Gasteiger partial charge in [-0.3, -0.25) is 9.78 Å². The number of rotatable bonds is 3. The van der Waals surface area contributed by atoms with E-state index in [-0.39, 0.29) is 10.7 Å². The number of nitriles is 1. The largest absolute Gasteiger partial charge is 0.391 e. The molecule has 0 radical (unpaired) electrons. The highest BCUT2D eigenvalue weighted by atomic mass is 16.3. The Labute approximate surface area is 155 Å². The quantitative estimate of drug-likeness (QED) is 0.670. The van der Waals surface area contributed by atoms with Crippen molar-refractivity contribution in [2.75, 3.05) is 18.0 Å². The number of nitrogens with zero attached hydrogens (tertiary/aromatic N) is 3. The molecule has 0 unspecified atom stereocenters. The van der Waals surface area contributed by atoms with Crippen LogP contribution in [0.15, 0.2) is 17.1 Å². The number of hydrogen-bond acceptors (Lipinski definition) is 5. The summed E-state index contributed by atoms with van der Waals surface area (Å²) < 4.78 is 0. The number of hydrogen-bond donors (Lipinski definition) is 2. The molecule has 0 amide bonds. The third-order valence-corrected chi connectivity index (χ3v) is 5.70. The van der Waals surface area contributed by atoms with E-state index in [2.05, 4.69) is 20.9 Å². The van der Waals surface area contributed by atoms with Crippen molar-refractivity contribution >= 4 is 40.1 Å². The predicted octanol–water partition coefficient (Wildman–Crippen LogP) is -1.34. The summed E-state index contributed by atoms with van der Waals surface area (Å²) in [7, 11) is 6.14. The van der Waals surface area contributed by atoms with E-state index in [1.807, 2.05) is 36.5 Å². The Kier molecular flexibility index (Phi) is 4.66. The van der Waals surface area contributed by atoms with Crippen LogP contribution in [0.5, 0.6) is 0 Å². The molecule has 0 spiro atoms. The number of aromatic amines is 1. The molecule has 1 aliphatic rings. The van der Waals surface area contributed by atoms with E-state index >= 15 is 0 Å². The Balaban J connectivity index is 2.10. The molecule has 132 valence electrons. The third kappa shape index (κ3) is 3.03. The minimum atomic E-state index is -0.747. The molecule has 2 N–H and O–H groups in total. The van der Waals surface area contributed by atoms with Gasteiger partial charge in [-0.2, -0.15) is 5.26 Å². The lowest BCUT2D eigenvalue weighted by atomic mass is 9.35. The average molecular weight is 348 g/mol. The van der Waals surface area contributed by atoms with Gasteiger partial charge in [0.15, 0.2) is 0 Å². The molecular formula is C17H23B3N4O2. The summed E-state index contributed by atoms with van der Waals surface area (Å²) in [4.78, 5) is 21.6. The van der Waals surface area contributed by atoms with Gasteiger partial charge in [-0.15, -0.1) is 0 Å². The molecule has 1 saturated heterocycles. The van der Waals surface area contributed by atoms with Crippen molar-refractivity contribution in [2.45, 2.75) is 36.9 Å². The molecule has 0 bridgehead atoms. The van der Waals surface area contributed by atoms with Gasteiger partial charge in [0.25, 0.3) is 5.56 Å². The Morgan fingerprint density at radius 2 is 2.08 bits per heavy atom. The Hall–Kier alpha value is -2.20. The SMILES string of the molecule is BC(B)(B)C1(O)CCN(c2c(C#N)c(=O)[nH]c3cnc(CC)cc23)CC1. The number of pyridine rings is 2. The van der Waals surface area contributed by atoms with E-state index in [4.69, 9.17) is 0 Å². The monoisotopic (exact) mass is 348 g/mol. The number of aryl methyl sites for hydroxylation is 1. The molecule has 0 atom stereocenters. The van der Waals surface area contributed by atoms with Crippen molar-refractivity contribution in [3.63, 3.8) is 0 Å². The van der Waals surface area contributed by atoms with Gasteiger partial charge in [0.05, 0.1) is 46.5 Å². The van der Waals surface area contributed by atoms with Crippen LogP contribution in [0.4, 0.5) is 5.69 Å². The summed E-state index contributed by atoms with van der Waals surface area (Å²) in [5, 5.41) is 21.2. The molecule has 6 nitrogen and oxygen atoms in total. The van der Waals surface area contributed by atoms with Crippen molar-refractivity contribution in [3.8, 4) is 6.07 Å². The Morgan fingerprint density at radius 3 is 2.62 bits per heavy atom. The molecule has 0 saturated carbocycles. The molecule has 0 aliphatic carbocycles. The normalized spacial score (nSPS) is 17.2. The highest BCUT2D eigenvalue weighted by Gasteiger charge is 2.42. The van der Waals surface area contributed by atoms with Crippen LogP contribution in [0.1, 0.15) is 31.0 Å². The first-order valence-electron chi connectivity index (χ1n) is 9.12. The van der Waals surface area contributed by atoms with Crippen LogP contribution in [0, 0.1) is 11.3 Å². The smallest absolute Gasteiger partial charge is 0.268 e. The number of nitrogens with one attached hydrogen (secondary N) is 1. The van der Waals surface area contributed by atoms with Crippen LogP contribution < -0.4 is 10.5 Å². The molecule has 2 aromatic heterocycles. The fourth-order valence-corrected chi connectivity index (χ4v) is 3.70. The number of anilines is 1. The van der Waals surface area contributed by atoms with Crippen molar-refractivity contribution in [3.05, 3.63) is 33.9 Å². The highest BCUT2D eigenvalue weighted by Crippen LogP contribution is 2.40. The summed E-state index contributed by atoms with van der Waals surface area (Å²) >= 11 is 0. The van der Waals surface area contributed by atoms with Crippen LogP contribution >= 0.6 is 0 Å². The molecule has 3 rings (SSSR count). The maximum Gasteiger partial charge on any atom is 0.268 e. The second-order valence-electron chi connectivity index (χ2n) is 8.13. The van der Waals surface area contributed by atoms with Crippen molar-refractivity contribution in [2.24, 2.45) is 0 Å².